The van der Waals surface area contributed by atoms with Crippen LogP contribution >= 0.6 is 0 Å². The summed E-state index contributed by atoms with van der Waals surface area (Å²) in [6.07, 6.45) is 6.63. The molecule has 1 aliphatic rings. The van der Waals surface area contributed by atoms with Gasteiger partial charge in [-0.15, -0.1) is 0 Å². The molecule has 1 fully saturated rings. The molecule has 0 radical (unpaired) electrons. The third-order valence-corrected chi connectivity index (χ3v) is 3.34. The monoisotopic (exact) mass is 229 g/mol. The van der Waals surface area contributed by atoms with E-state index in [1.807, 2.05) is 0 Å². The van der Waals surface area contributed by atoms with Crippen LogP contribution < -0.4 is 5.32 Å². The van der Waals surface area contributed by atoms with Crippen molar-refractivity contribution in [3.63, 3.8) is 0 Å². The molecule has 3 N–H and O–H groups in total. The normalized spacial score (nSPS) is 25.6. The first-order valence-corrected chi connectivity index (χ1v) is 6.31. The van der Waals surface area contributed by atoms with Crippen molar-refractivity contribution in [2.45, 2.75) is 51.0 Å². The van der Waals surface area contributed by atoms with Gasteiger partial charge in [0, 0.05) is 12.6 Å². The Morgan fingerprint density at radius 1 is 1.12 bits per heavy atom. The molecule has 1 rings (SSSR count). The summed E-state index contributed by atoms with van der Waals surface area (Å²) in [6, 6.07) is 0.504. The summed E-state index contributed by atoms with van der Waals surface area (Å²) in [5.41, 5.74) is 0. The van der Waals surface area contributed by atoms with Gasteiger partial charge in [0.05, 0.1) is 5.92 Å². The van der Waals surface area contributed by atoms with Gasteiger partial charge in [0.15, 0.2) is 0 Å². The molecular weight excluding hydrogens is 206 g/mol. The third-order valence-electron chi connectivity index (χ3n) is 3.34. The first kappa shape index (κ1) is 13.5. The van der Waals surface area contributed by atoms with E-state index in [1.165, 1.54) is 0 Å². The van der Waals surface area contributed by atoms with E-state index in [0.29, 0.717) is 6.04 Å². The van der Waals surface area contributed by atoms with Crippen LogP contribution in [0.15, 0.2) is 0 Å². The third kappa shape index (κ3) is 4.94. The maximum Gasteiger partial charge on any atom is 0.306 e. The van der Waals surface area contributed by atoms with Gasteiger partial charge in [0.1, 0.15) is 0 Å². The number of carboxylic acids is 1. The number of hydrogen-bond donors (Lipinski definition) is 3. The summed E-state index contributed by atoms with van der Waals surface area (Å²) in [6.45, 7) is 1.27. The zero-order valence-corrected chi connectivity index (χ0v) is 9.82. The van der Waals surface area contributed by atoms with Gasteiger partial charge in [0.25, 0.3) is 0 Å². The van der Waals surface area contributed by atoms with E-state index < -0.39 is 5.97 Å². The van der Waals surface area contributed by atoms with E-state index in [4.69, 9.17) is 10.2 Å². The molecule has 0 unspecified atom stereocenters. The first-order valence-electron chi connectivity index (χ1n) is 6.31. The topological polar surface area (TPSA) is 69.6 Å². The molecule has 0 spiro atoms. The average molecular weight is 229 g/mol. The summed E-state index contributed by atoms with van der Waals surface area (Å²) in [5.74, 6) is -0.756. The van der Waals surface area contributed by atoms with Crippen LogP contribution in [-0.4, -0.2) is 35.4 Å². The first-order chi connectivity index (χ1) is 7.74. The van der Waals surface area contributed by atoms with Gasteiger partial charge in [-0.3, -0.25) is 4.79 Å². The zero-order valence-electron chi connectivity index (χ0n) is 9.82. The Morgan fingerprint density at radius 3 is 2.38 bits per heavy atom. The van der Waals surface area contributed by atoms with Crippen molar-refractivity contribution in [3.8, 4) is 0 Å². The van der Waals surface area contributed by atoms with Crippen LogP contribution in [-0.2, 0) is 4.79 Å². The molecule has 94 valence electrons. The largest absolute Gasteiger partial charge is 0.481 e. The minimum absolute atomic E-state index is 0.118. The molecule has 0 atom stereocenters. The van der Waals surface area contributed by atoms with Crippen molar-refractivity contribution in [1.82, 2.24) is 5.32 Å². The van der Waals surface area contributed by atoms with Crippen LogP contribution in [0, 0.1) is 5.92 Å². The molecule has 1 aliphatic carbocycles. The molecule has 0 aliphatic heterocycles. The number of rotatable bonds is 7. The lowest BCUT2D eigenvalue weighted by Crippen LogP contribution is -2.35. The molecular formula is C12H23NO3. The quantitative estimate of drug-likeness (QED) is 0.577. The van der Waals surface area contributed by atoms with Gasteiger partial charge in [-0.25, -0.2) is 0 Å². The molecule has 1 saturated carbocycles. The average Bonchev–Trinajstić information content (AvgIpc) is 2.29. The molecule has 4 nitrogen and oxygen atoms in total. The van der Waals surface area contributed by atoms with Crippen molar-refractivity contribution >= 4 is 5.97 Å². The molecule has 0 heterocycles. The molecule has 0 amide bonds. The summed E-state index contributed by atoms with van der Waals surface area (Å²) in [5, 5.41) is 20.9. The fourth-order valence-electron chi connectivity index (χ4n) is 2.26. The smallest absolute Gasteiger partial charge is 0.306 e. The Kier molecular flexibility index (Phi) is 6.42. The maximum absolute atomic E-state index is 10.7. The second-order valence-corrected chi connectivity index (χ2v) is 4.63. The fraction of sp³-hybridized carbons (Fsp3) is 0.917. The molecule has 0 bridgehead atoms. The Balaban J connectivity index is 2.02. The SMILES string of the molecule is O=C(O)C1CCC(NCCCCCO)CC1. The van der Waals surface area contributed by atoms with Crippen molar-refractivity contribution in [1.29, 1.82) is 0 Å². The fourth-order valence-corrected chi connectivity index (χ4v) is 2.26. The van der Waals surface area contributed by atoms with Crippen LogP contribution in [0.25, 0.3) is 0 Å². The lowest BCUT2D eigenvalue weighted by atomic mass is 9.86. The molecule has 0 aromatic heterocycles. The van der Waals surface area contributed by atoms with Crippen molar-refractivity contribution in [2.24, 2.45) is 5.92 Å². The molecule has 0 saturated heterocycles. The number of carboxylic acid groups (broad SMARTS) is 1. The summed E-state index contributed by atoms with van der Waals surface area (Å²) in [7, 11) is 0. The molecule has 16 heavy (non-hydrogen) atoms. The van der Waals surface area contributed by atoms with Crippen molar-refractivity contribution < 1.29 is 15.0 Å². The van der Waals surface area contributed by atoms with Gasteiger partial charge in [-0.05, 0) is 51.5 Å². The predicted molar refractivity (Wildman–Crippen MR) is 62.3 cm³/mol. The Bertz CT molecular complexity index is 200. The van der Waals surface area contributed by atoms with E-state index in [-0.39, 0.29) is 12.5 Å². The highest BCUT2D eigenvalue weighted by Gasteiger charge is 2.25. The summed E-state index contributed by atoms with van der Waals surface area (Å²) >= 11 is 0. The predicted octanol–water partition coefficient (Wildman–Crippen LogP) is 1.38. The van der Waals surface area contributed by atoms with Crippen molar-refractivity contribution in [2.75, 3.05) is 13.2 Å². The highest BCUT2D eigenvalue weighted by atomic mass is 16.4. The van der Waals surface area contributed by atoms with E-state index in [0.717, 1.165) is 51.5 Å². The maximum atomic E-state index is 10.7. The zero-order chi connectivity index (χ0) is 11.8. The van der Waals surface area contributed by atoms with E-state index >= 15 is 0 Å². The Hall–Kier alpha value is -0.610. The lowest BCUT2D eigenvalue weighted by molar-refractivity contribution is -0.142. The number of carbonyl (C=O) groups is 1. The number of nitrogens with one attached hydrogen (secondary N) is 1. The van der Waals surface area contributed by atoms with Crippen LogP contribution in [0.4, 0.5) is 0 Å². The van der Waals surface area contributed by atoms with Crippen LogP contribution in [0.5, 0.6) is 0 Å². The van der Waals surface area contributed by atoms with Gasteiger partial charge in [-0.1, -0.05) is 0 Å². The van der Waals surface area contributed by atoms with Crippen LogP contribution in [0.2, 0.25) is 0 Å². The van der Waals surface area contributed by atoms with E-state index in [1.54, 1.807) is 0 Å². The molecule has 0 aromatic carbocycles. The molecule has 4 heteroatoms. The van der Waals surface area contributed by atoms with Crippen LogP contribution in [0.3, 0.4) is 0 Å². The Labute approximate surface area is 97.0 Å². The highest BCUT2D eigenvalue weighted by Crippen LogP contribution is 2.24. The Morgan fingerprint density at radius 2 is 1.81 bits per heavy atom. The van der Waals surface area contributed by atoms with Gasteiger partial charge >= 0.3 is 5.97 Å². The van der Waals surface area contributed by atoms with Crippen LogP contribution in [0.1, 0.15) is 44.9 Å². The second-order valence-electron chi connectivity index (χ2n) is 4.63. The minimum atomic E-state index is -0.638. The number of hydrogen-bond acceptors (Lipinski definition) is 3. The number of aliphatic hydroxyl groups is 1. The van der Waals surface area contributed by atoms with E-state index in [2.05, 4.69) is 5.32 Å². The second kappa shape index (κ2) is 7.63. The summed E-state index contributed by atoms with van der Waals surface area (Å²) < 4.78 is 0. The minimum Gasteiger partial charge on any atom is -0.481 e. The number of aliphatic hydroxyl groups excluding tert-OH is 1. The van der Waals surface area contributed by atoms with Gasteiger partial charge in [0.2, 0.25) is 0 Å². The van der Waals surface area contributed by atoms with E-state index in [9.17, 15) is 4.79 Å². The highest BCUT2D eigenvalue weighted by molar-refractivity contribution is 5.70. The van der Waals surface area contributed by atoms with Gasteiger partial charge in [-0.2, -0.15) is 0 Å². The van der Waals surface area contributed by atoms with Crippen molar-refractivity contribution in [3.05, 3.63) is 0 Å². The molecule has 0 aromatic rings. The number of unbranched alkanes of at least 4 members (excludes halogenated alkanes) is 2. The standard InChI is InChI=1S/C12H23NO3/c14-9-3-1-2-8-13-11-6-4-10(5-7-11)12(15)16/h10-11,13-14H,1-9H2,(H,15,16). The number of aliphatic carboxylic acids is 1. The lowest BCUT2D eigenvalue weighted by Gasteiger charge is -2.26. The summed E-state index contributed by atoms with van der Waals surface area (Å²) in [4.78, 5) is 10.7. The van der Waals surface area contributed by atoms with Gasteiger partial charge < -0.3 is 15.5 Å².